The summed E-state index contributed by atoms with van der Waals surface area (Å²) in [5, 5.41) is 16.9. The van der Waals surface area contributed by atoms with Gasteiger partial charge in [0.15, 0.2) is 0 Å². The summed E-state index contributed by atoms with van der Waals surface area (Å²) >= 11 is 5.45. The molecule has 60 valence electrons. The van der Waals surface area contributed by atoms with Crippen LogP contribution in [0, 0.1) is 11.3 Å². The average molecular weight is 183 g/mol. The van der Waals surface area contributed by atoms with Gasteiger partial charge in [-0.3, -0.25) is 0 Å². The number of carboxylic acid groups (broad SMARTS) is 1. The van der Waals surface area contributed by atoms with Crippen LogP contribution in [-0.4, -0.2) is 16.1 Å². The van der Waals surface area contributed by atoms with E-state index in [1.54, 1.807) is 6.07 Å². The van der Waals surface area contributed by atoms with Crippen LogP contribution in [0.1, 0.15) is 16.1 Å². The van der Waals surface area contributed by atoms with Crippen molar-refractivity contribution in [3.05, 3.63) is 28.5 Å². The maximum absolute atomic E-state index is 10.4. The number of hydrogen-bond donors (Lipinski definition) is 1. The molecule has 1 rings (SSSR count). The number of nitriles is 1. The third-order valence-corrected chi connectivity index (χ3v) is 1.35. The van der Waals surface area contributed by atoms with Gasteiger partial charge in [-0.1, -0.05) is 11.6 Å². The second-order valence-corrected chi connectivity index (χ2v) is 2.37. The van der Waals surface area contributed by atoms with Crippen LogP contribution in [-0.2, 0) is 0 Å². The van der Waals surface area contributed by atoms with Gasteiger partial charge in [-0.15, -0.1) is 0 Å². The molecule has 0 radical (unpaired) electrons. The Morgan fingerprint density at radius 2 is 2.33 bits per heavy atom. The number of rotatable bonds is 1. The summed E-state index contributed by atoms with van der Waals surface area (Å²) in [6.45, 7) is 0. The summed E-state index contributed by atoms with van der Waals surface area (Å²) in [5.74, 6) is -1.13. The molecule has 4 nitrogen and oxygen atoms in total. The Kier molecular flexibility index (Phi) is 2.26. The highest BCUT2D eigenvalue weighted by molar-refractivity contribution is 6.29. The molecule has 0 saturated heterocycles. The predicted molar refractivity (Wildman–Crippen MR) is 40.9 cm³/mol. The fourth-order valence-electron chi connectivity index (χ4n) is 0.678. The Morgan fingerprint density at radius 1 is 1.67 bits per heavy atom. The van der Waals surface area contributed by atoms with Gasteiger partial charge in [0.25, 0.3) is 0 Å². The Labute approximate surface area is 73.0 Å². The molecule has 0 saturated carbocycles. The summed E-state index contributed by atoms with van der Waals surface area (Å²) in [6, 6.07) is 4.05. The zero-order valence-corrected chi connectivity index (χ0v) is 6.54. The zero-order chi connectivity index (χ0) is 9.14. The average Bonchev–Trinajstić information content (AvgIpc) is 2.03. The number of aromatic carboxylic acids is 1. The minimum absolute atomic E-state index is 0.0000926. The first-order valence-electron chi connectivity index (χ1n) is 2.94. The first kappa shape index (κ1) is 8.50. The molecule has 0 aliphatic carbocycles. The number of nitrogens with zero attached hydrogens (tertiary/aromatic N) is 2. The smallest absolute Gasteiger partial charge is 0.335 e. The first-order valence-corrected chi connectivity index (χ1v) is 3.32. The summed E-state index contributed by atoms with van der Waals surface area (Å²) in [7, 11) is 0. The zero-order valence-electron chi connectivity index (χ0n) is 5.78. The van der Waals surface area contributed by atoms with Gasteiger partial charge in [-0.05, 0) is 12.1 Å². The van der Waals surface area contributed by atoms with E-state index in [-0.39, 0.29) is 16.4 Å². The van der Waals surface area contributed by atoms with Gasteiger partial charge in [0, 0.05) is 0 Å². The van der Waals surface area contributed by atoms with Crippen molar-refractivity contribution < 1.29 is 9.90 Å². The lowest BCUT2D eigenvalue weighted by Crippen LogP contribution is -1.98. The summed E-state index contributed by atoms with van der Waals surface area (Å²) in [5.41, 5.74) is -0.0357. The molecule has 1 heterocycles. The van der Waals surface area contributed by atoms with Gasteiger partial charge in [0.2, 0.25) is 0 Å². The molecule has 0 aromatic carbocycles. The predicted octanol–water partition coefficient (Wildman–Crippen LogP) is 1.30. The van der Waals surface area contributed by atoms with Crippen molar-refractivity contribution >= 4 is 17.6 Å². The van der Waals surface area contributed by atoms with Crippen LogP contribution in [0.2, 0.25) is 5.15 Å². The summed E-state index contributed by atoms with van der Waals surface area (Å²) in [6.07, 6.45) is 0. The van der Waals surface area contributed by atoms with Crippen LogP contribution in [0.25, 0.3) is 0 Å². The number of hydrogen-bond acceptors (Lipinski definition) is 3. The van der Waals surface area contributed by atoms with E-state index < -0.39 is 5.97 Å². The van der Waals surface area contributed by atoms with E-state index in [2.05, 4.69) is 4.98 Å². The third-order valence-electron chi connectivity index (χ3n) is 1.16. The van der Waals surface area contributed by atoms with Crippen LogP contribution in [0.3, 0.4) is 0 Å². The lowest BCUT2D eigenvalue weighted by atomic mass is 10.2. The molecular formula is C7H3ClN2O2. The molecule has 0 unspecified atom stereocenters. The van der Waals surface area contributed by atoms with Gasteiger partial charge >= 0.3 is 5.97 Å². The van der Waals surface area contributed by atoms with Gasteiger partial charge in [0.1, 0.15) is 16.9 Å². The van der Waals surface area contributed by atoms with E-state index in [1.165, 1.54) is 6.07 Å². The Morgan fingerprint density at radius 3 is 2.83 bits per heavy atom. The third kappa shape index (κ3) is 1.71. The van der Waals surface area contributed by atoms with Crippen molar-refractivity contribution in [2.45, 2.75) is 0 Å². The normalized spacial score (nSPS) is 9.00. The van der Waals surface area contributed by atoms with E-state index in [4.69, 9.17) is 22.0 Å². The molecule has 5 heteroatoms. The lowest BCUT2D eigenvalue weighted by molar-refractivity contribution is 0.0696. The largest absolute Gasteiger partial charge is 0.478 e. The molecule has 0 aliphatic rings. The maximum Gasteiger partial charge on any atom is 0.335 e. The fraction of sp³-hybridized carbons (Fsp3) is 0. The molecule has 0 atom stereocenters. The molecular weight excluding hydrogens is 180 g/mol. The van der Waals surface area contributed by atoms with Crippen molar-refractivity contribution in [1.29, 1.82) is 5.26 Å². The first-order chi connectivity index (χ1) is 5.63. The second kappa shape index (κ2) is 3.20. The number of carbonyl (C=O) groups is 1. The molecule has 0 bridgehead atoms. The molecule has 1 aromatic rings. The van der Waals surface area contributed by atoms with Crippen molar-refractivity contribution in [3.8, 4) is 6.07 Å². The molecule has 1 N–H and O–H groups in total. The summed E-state index contributed by atoms with van der Waals surface area (Å²) < 4.78 is 0. The minimum Gasteiger partial charge on any atom is -0.478 e. The minimum atomic E-state index is -1.13. The van der Waals surface area contributed by atoms with Gasteiger partial charge in [0.05, 0.1) is 5.56 Å². The quantitative estimate of drug-likeness (QED) is 0.665. The van der Waals surface area contributed by atoms with Crippen molar-refractivity contribution in [3.63, 3.8) is 0 Å². The van der Waals surface area contributed by atoms with Gasteiger partial charge in [-0.2, -0.15) is 5.26 Å². The van der Waals surface area contributed by atoms with Crippen LogP contribution in [0.5, 0.6) is 0 Å². The lowest BCUT2D eigenvalue weighted by Gasteiger charge is -1.94. The Hall–Kier alpha value is -1.60. The Bertz CT molecular complexity index is 370. The van der Waals surface area contributed by atoms with E-state index in [9.17, 15) is 4.79 Å². The molecule has 0 spiro atoms. The van der Waals surface area contributed by atoms with E-state index in [0.717, 1.165) is 6.07 Å². The fourth-order valence-corrected chi connectivity index (χ4v) is 0.886. The number of aromatic nitrogens is 1. The van der Waals surface area contributed by atoms with Crippen LogP contribution in [0.4, 0.5) is 0 Å². The summed E-state index contributed by atoms with van der Waals surface area (Å²) in [4.78, 5) is 14.0. The highest BCUT2D eigenvalue weighted by atomic mass is 35.5. The molecule has 1 aromatic heterocycles. The van der Waals surface area contributed by atoms with Crippen molar-refractivity contribution in [2.75, 3.05) is 0 Å². The number of pyridine rings is 1. The number of carboxylic acids is 1. The highest BCUT2D eigenvalue weighted by Gasteiger charge is 2.06. The van der Waals surface area contributed by atoms with Crippen LogP contribution < -0.4 is 0 Å². The highest BCUT2D eigenvalue weighted by Crippen LogP contribution is 2.09. The molecule has 0 aliphatic heterocycles. The van der Waals surface area contributed by atoms with Gasteiger partial charge < -0.3 is 5.11 Å². The number of halogens is 1. The molecule has 0 amide bonds. The SMILES string of the molecule is N#Cc1cc(C(=O)O)cc(Cl)n1. The Balaban J connectivity index is 3.26. The van der Waals surface area contributed by atoms with Gasteiger partial charge in [-0.25, -0.2) is 9.78 Å². The van der Waals surface area contributed by atoms with Crippen LogP contribution >= 0.6 is 11.6 Å². The van der Waals surface area contributed by atoms with E-state index >= 15 is 0 Å². The van der Waals surface area contributed by atoms with Crippen molar-refractivity contribution in [2.24, 2.45) is 0 Å². The topological polar surface area (TPSA) is 74.0 Å². The second-order valence-electron chi connectivity index (χ2n) is 1.98. The molecule has 0 fully saturated rings. The van der Waals surface area contributed by atoms with E-state index in [0.29, 0.717) is 0 Å². The molecule has 12 heavy (non-hydrogen) atoms. The standard InChI is InChI=1S/C7H3ClN2O2/c8-6-2-4(7(11)12)1-5(3-9)10-6/h1-2H,(H,11,12). The van der Waals surface area contributed by atoms with Crippen LogP contribution in [0.15, 0.2) is 12.1 Å². The monoisotopic (exact) mass is 182 g/mol. The maximum atomic E-state index is 10.4. The van der Waals surface area contributed by atoms with E-state index in [1.807, 2.05) is 0 Å². The van der Waals surface area contributed by atoms with Crippen molar-refractivity contribution in [1.82, 2.24) is 4.98 Å².